The molecule has 28 heavy (non-hydrogen) atoms. The van der Waals surface area contributed by atoms with Gasteiger partial charge in [0.25, 0.3) is 0 Å². The maximum Gasteiger partial charge on any atom is 0.237 e. The number of anilines is 1. The molecule has 1 N–H and O–H groups in total. The normalized spacial score (nSPS) is 12.0. The van der Waals surface area contributed by atoms with Crippen molar-refractivity contribution in [3.8, 4) is 11.4 Å². The van der Waals surface area contributed by atoms with Crippen LogP contribution in [-0.4, -0.2) is 25.9 Å². The molecular formula is C19H17Cl3N4OS. The van der Waals surface area contributed by atoms with E-state index in [1.54, 1.807) is 25.1 Å². The first kappa shape index (κ1) is 21.0. The van der Waals surface area contributed by atoms with E-state index >= 15 is 0 Å². The van der Waals surface area contributed by atoms with Crippen LogP contribution in [-0.2, 0) is 11.3 Å². The molecule has 0 aliphatic rings. The lowest BCUT2D eigenvalue weighted by Gasteiger charge is -2.13. The molecule has 1 heterocycles. The monoisotopic (exact) mass is 454 g/mol. The summed E-state index contributed by atoms with van der Waals surface area (Å²) in [5.41, 5.74) is 1.39. The molecule has 0 spiro atoms. The first-order valence-corrected chi connectivity index (χ1v) is 10.5. The Kier molecular flexibility index (Phi) is 6.88. The molecule has 0 radical (unpaired) electrons. The Morgan fingerprint density at radius 3 is 2.46 bits per heavy atom. The number of benzene rings is 2. The molecule has 5 nitrogen and oxygen atoms in total. The van der Waals surface area contributed by atoms with E-state index in [0.717, 1.165) is 11.4 Å². The molecule has 0 bridgehead atoms. The van der Waals surface area contributed by atoms with Gasteiger partial charge in [0.05, 0.1) is 16.0 Å². The summed E-state index contributed by atoms with van der Waals surface area (Å²) in [7, 11) is 0. The lowest BCUT2D eigenvalue weighted by molar-refractivity contribution is -0.115. The van der Waals surface area contributed by atoms with Gasteiger partial charge >= 0.3 is 0 Å². The van der Waals surface area contributed by atoms with Crippen molar-refractivity contribution in [2.45, 2.75) is 30.8 Å². The van der Waals surface area contributed by atoms with E-state index in [1.165, 1.54) is 11.8 Å². The van der Waals surface area contributed by atoms with E-state index in [9.17, 15) is 4.79 Å². The largest absolute Gasteiger partial charge is 0.324 e. The van der Waals surface area contributed by atoms with Gasteiger partial charge in [0.2, 0.25) is 5.91 Å². The van der Waals surface area contributed by atoms with Gasteiger partial charge in [-0.05, 0) is 56.3 Å². The van der Waals surface area contributed by atoms with Gasteiger partial charge in [-0.2, -0.15) is 0 Å². The van der Waals surface area contributed by atoms with Crippen molar-refractivity contribution in [1.29, 1.82) is 0 Å². The molecule has 3 aromatic rings. The van der Waals surface area contributed by atoms with Crippen molar-refractivity contribution < 1.29 is 4.79 Å². The fraction of sp³-hybridized carbons (Fsp3) is 0.211. The molecule has 9 heteroatoms. The van der Waals surface area contributed by atoms with E-state index in [0.29, 0.717) is 32.5 Å². The third kappa shape index (κ3) is 4.81. The van der Waals surface area contributed by atoms with Crippen molar-refractivity contribution in [1.82, 2.24) is 14.8 Å². The molecule has 1 unspecified atom stereocenters. The van der Waals surface area contributed by atoms with Crippen LogP contribution in [0, 0.1) is 0 Å². The highest BCUT2D eigenvalue weighted by atomic mass is 35.5. The number of carbonyl (C=O) groups excluding carboxylic acids is 1. The molecule has 0 saturated carbocycles. The number of carbonyl (C=O) groups is 1. The second-order valence-electron chi connectivity index (χ2n) is 5.93. The standard InChI is InChI=1S/C19H17Cl3N4OS/c1-3-26-17(12-4-6-13(20)7-5-12)24-25-19(26)28-11(2)18(27)23-16-10-14(21)8-9-15(16)22/h4-11H,3H2,1-2H3,(H,23,27). The summed E-state index contributed by atoms with van der Waals surface area (Å²) in [4.78, 5) is 12.6. The van der Waals surface area contributed by atoms with Crippen LogP contribution in [0.25, 0.3) is 11.4 Å². The third-order valence-corrected chi connectivity index (χ3v) is 5.87. The molecule has 0 saturated heterocycles. The fourth-order valence-corrected chi connectivity index (χ4v) is 3.89. The fourth-order valence-electron chi connectivity index (χ4n) is 2.51. The zero-order valence-corrected chi connectivity index (χ0v) is 18.2. The minimum atomic E-state index is -0.414. The average Bonchev–Trinajstić information content (AvgIpc) is 3.07. The first-order valence-electron chi connectivity index (χ1n) is 8.50. The number of thioether (sulfide) groups is 1. The molecule has 0 fully saturated rings. The van der Waals surface area contributed by atoms with Crippen LogP contribution in [0.4, 0.5) is 5.69 Å². The topological polar surface area (TPSA) is 59.8 Å². The van der Waals surface area contributed by atoms with Gasteiger partial charge in [-0.3, -0.25) is 4.79 Å². The Morgan fingerprint density at radius 2 is 1.79 bits per heavy atom. The number of hydrogen-bond donors (Lipinski definition) is 1. The van der Waals surface area contributed by atoms with Crippen LogP contribution >= 0.6 is 46.6 Å². The quantitative estimate of drug-likeness (QED) is 0.460. The van der Waals surface area contributed by atoms with Gasteiger partial charge in [0, 0.05) is 22.2 Å². The Balaban J connectivity index is 1.76. The van der Waals surface area contributed by atoms with Gasteiger partial charge in [-0.15, -0.1) is 10.2 Å². The number of nitrogens with one attached hydrogen (secondary N) is 1. The third-order valence-electron chi connectivity index (χ3n) is 3.97. The van der Waals surface area contributed by atoms with Crippen LogP contribution in [0.5, 0.6) is 0 Å². The average molecular weight is 456 g/mol. The molecule has 1 amide bonds. The Hall–Kier alpha value is -1.73. The molecule has 146 valence electrons. The van der Waals surface area contributed by atoms with E-state index in [4.69, 9.17) is 34.8 Å². The van der Waals surface area contributed by atoms with Crippen molar-refractivity contribution >= 4 is 58.2 Å². The minimum Gasteiger partial charge on any atom is -0.324 e. The number of hydrogen-bond acceptors (Lipinski definition) is 4. The number of rotatable bonds is 6. The molecule has 0 aliphatic carbocycles. The molecule has 1 atom stereocenters. The van der Waals surface area contributed by atoms with E-state index in [1.807, 2.05) is 35.8 Å². The maximum atomic E-state index is 12.6. The maximum absolute atomic E-state index is 12.6. The van der Waals surface area contributed by atoms with Crippen LogP contribution < -0.4 is 5.32 Å². The lowest BCUT2D eigenvalue weighted by Crippen LogP contribution is -2.23. The van der Waals surface area contributed by atoms with Gasteiger partial charge in [0.15, 0.2) is 11.0 Å². The van der Waals surface area contributed by atoms with Crippen LogP contribution in [0.2, 0.25) is 15.1 Å². The van der Waals surface area contributed by atoms with Gasteiger partial charge < -0.3 is 9.88 Å². The second-order valence-corrected chi connectivity index (χ2v) is 8.52. The zero-order chi connectivity index (χ0) is 20.3. The molecule has 1 aromatic heterocycles. The summed E-state index contributed by atoms with van der Waals surface area (Å²) in [5, 5.41) is 13.2. The van der Waals surface area contributed by atoms with Crippen molar-refractivity contribution in [3.05, 3.63) is 57.5 Å². The van der Waals surface area contributed by atoms with Crippen molar-refractivity contribution in [2.24, 2.45) is 0 Å². The number of nitrogens with zero attached hydrogens (tertiary/aromatic N) is 3. The number of aromatic nitrogens is 3. The summed E-state index contributed by atoms with van der Waals surface area (Å²) < 4.78 is 1.96. The smallest absolute Gasteiger partial charge is 0.237 e. The summed E-state index contributed by atoms with van der Waals surface area (Å²) in [5.74, 6) is 0.528. The van der Waals surface area contributed by atoms with Gasteiger partial charge in [0.1, 0.15) is 0 Å². The van der Waals surface area contributed by atoms with Crippen LogP contribution in [0.1, 0.15) is 13.8 Å². The summed E-state index contributed by atoms with van der Waals surface area (Å²) in [6, 6.07) is 12.3. The van der Waals surface area contributed by atoms with E-state index in [-0.39, 0.29) is 5.91 Å². The van der Waals surface area contributed by atoms with Gasteiger partial charge in [-0.1, -0.05) is 46.6 Å². The highest BCUT2D eigenvalue weighted by molar-refractivity contribution is 8.00. The van der Waals surface area contributed by atoms with E-state index < -0.39 is 5.25 Å². The predicted octanol–water partition coefficient (Wildman–Crippen LogP) is 6.04. The molecule has 0 aliphatic heterocycles. The second kappa shape index (κ2) is 9.18. The number of amides is 1. The first-order chi connectivity index (χ1) is 13.4. The van der Waals surface area contributed by atoms with Crippen LogP contribution in [0.15, 0.2) is 47.6 Å². The highest BCUT2D eigenvalue weighted by Crippen LogP contribution is 2.30. The zero-order valence-electron chi connectivity index (χ0n) is 15.1. The summed E-state index contributed by atoms with van der Waals surface area (Å²) in [6.45, 7) is 4.47. The Morgan fingerprint density at radius 1 is 1.11 bits per heavy atom. The molecule has 2 aromatic carbocycles. The summed E-state index contributed by atoms with van der Waals surface area (Å²) >= 11 is 19.4. The van der Waals surface area contributed by atoms with Gasteiger partial charge in [-0.25, -0.2) is 0 Å². The molecular weight excluding hydrogens is 439 g/mol. The minimum absolute atomic E-state index is 0.201. The predicted molar refractivity (Wildman–Crippen MR) is 117 cm³/mol. The highest BCUT2D eigenvalue weighted by Gasteiger charge is 2.21. The number of halogens is 3. The van der Waals surface area contributed by atoms with Crippen molar-refractivity contribution in [3.63, 3.8) is 0 Å². The Bertz CT molecular complexity index is 991. The van der Waals surface area contributed by atoms with Crippen LogP contribution in [0.3, 0.4) is 0 Å². The van der Waals surface area contributed by atoms with Crippen molar-refractivity contribution in [2.75, 3.05) is 5.32 Å². The lowest BCUT2D eigenvalue weighted by atomic mass is 10.2. The van der Waals surface area contributed by atoms with E-state index in [2.05, 4.69) is 15.5 Å². The Labute approximate surface area is 182 Å². The SMILES string of the molecule is CCn1c(SC(C)C(=O)Nc2cc(Cl)ccc2Cl)nnc1-c1ccc(Cl)cc1. The molecule has 3 rings (SSSR count). The summed E-state index contributed by atoms with van der Waals surface area (Å²) in [6.07, 6.45) is 0.